The van der Waals surface area contributed by atoms with E-state index in [-0.39, 0.29) is 5.76 Å². The normalized spacial score (nSPS) is 10.5. The molecular formula is C13H13NO3S. The smallest absolute Gasteiger partial charge is 0.373 e. The number of nitrogens with zero attached hydrogens (tertiary/aromatic N) is 1. The van der Waals surface area contributed by atoms with Crippen LogP contribution in [-0.4, -0.2) is 28.1 Å². The minimum atomic E-state index is -1.07. The molecule has 0 amide bonds. The summed E-state index contributed by atoms with van der Waals surface area (Å²) in [7, 11) is 0. The third-order valence-electron chi connectivity index (χ3n) is 2.46. The number of aryl methyl sites for hydroxylation is 1. The van der Waals surface area contributed by atoms with Crippen LogP contribution in [0.25, 0.3) is 11.5 Å². The first-order chi connectivity index (χ1) is 8.72. The molecule has 2 aromatic rings. The van der Waals surface area contributed by atoms with Crippen LogP contribution in [-0.2, 0) is 6.42 Å². The van der Waals surface area contributed by atoms with Gasteiger partial charge in [0.25, 0.3) is 0 Å². The molecule has 18 heavy (non-hydrogen) atoms. The summed E-state index contributed by atoms with van der Waals surface area (Å²) in [4.78, 5) is 15.4. The van der Waals surface area contributed by atoms with Crippen molar-refractivity contribution >= 4 is 17.7 Å². The molecule has 0 saturated carbocycles. The topological polar surface area (TPSA) is 63.3 Å². The van der Waals surface area contributed by atoms with Crippen LogP contribution in [0.1, 0.15) is 16.2 Å². The quantitative estimate of drug-likeness (QED) is 0.898. The van der Waals surface area contributed by atoms with Crippen molar-refractivity contribution in [2.75, 3.05) is 12.0 Å². The van der Waals surface area contributed by atoms with Gasteiger partial charge in [-0.15, -0.1) is 0 Å². The number of carboxylic acids is 1. The second-order valence-corrected chi connectivity index (χ2v) is 4.69. The summed E-state index contributed by atoms with van der Waals surface area (Å²) >= 11 is 1.65. The second-order valence-electron chi connectivity index (χ2n) is 3.71. The van der Waals surface area contributed by atoms with Gasteiger partial charge in [0, 0.05) is 12.0 Å². The number of thioether (sulfide) groups is 1. The molecule has 94 valence electrons. The van der Waals surface area contributed by atoms with Gasteiger partial charge in [0.2, 0.25) is 11.7 Å². The van der Waals surface area contributed by atoms with Crippen LogP contribution >= 0.6 is 11.8 Å². The number of carboxylic acid groups (broad SMARTS) is 1. The highest BCUT2D eigenvalue weighted by molar-refractivity contribution is 7.98. The van der Waals surface area contributed by atoms with Gasteiger partial charge < -0.3 is 9.52 Å². The van der Waals surface area contributed by atoms with Gasteiger partial charge in [0.05, 0.1) is 5.69 Å². The molecule has 0 spiro atoms. The predicted octanol–water partition coefficient (Wildman–Crippen LogP) is 2.95. The van der Waals surface area contributed by atoms with Crippen molar-refractivity contribution in [3.05, 3.63) is 41.8 Å². The second kappa shape index (κ2) is 5.73. The summed E-state index contributed by atoms with van der Waals surface area (Å²) < 4.78 is 5.34. The summed E-state index contributed by atoms with van der Waals surface area (Å²) in [6.45, 7) is 0. The largest absolute Gasteiger partial charge is 0.475 e. The van der Waals surface area contributed by atoms with Crippen LogP contribution in [0.4, 0.5) is 0 Å². The minimum Gasteiger partial charge on any atom is -0.475 e. The van der Waals surface area contributed by atoms with Gasteiger partial charge in [0.15, 0.2) is 0 Å². The molecule has 2 rings (SSSR count). The van der Waals surface area contributed by atoms with Crippen molar-refractivity contribution in [1.82, 2.24) is 4.98 Å². The Morgan fingerprint density at radius 2 is 2.11 bits per heavy atom. The van der Waals surface area contributed by atoms with Crippen LogP contribution in [0.15, 0.2) is 34.7 Å². The molecule has 4 nitrogen and oxygen atoms in total. The molecule has 0 atom stereocenters. The van der Waals surface area contributed by atoms with Crippen LogP contribution < -0.4 is 0 Å². The predicted molar refractivity (Wildman–Crippen MR) is 71.0 cm³/mol. The molecule has 0 saturated heterocycles. The Morgan fingerprint density at radius 3 is 2.72 bits per heavy atom. The molecule has 0 aliphatic rings. The molecule has 0 aliphatic heterocycles. The summed E-state index contributed by atoms with van der Waals surface area (Å²) in [5, 5.41) is 9.08. The van der Waals surface area contributed by atoms with Gasteiger partial charge in [-0.1, -0.05) is 18.2 Å². The number of hydrogen-bond donors (Lipinski definition) is 1. The number of hydrogen-bond acceptors (Lipinski definition) is 4. The number of aromatic carboxylic acids is 1. The van der Waals surface area contributed by atoms with Crippen molar-refractivity contribution in [3.63, 3.8) is 0 Å². The first kappa shape index (κ1) is 12.7. The van der Waals surface area contributed by atoms with Gasteiger partial charge in [-0.2, -0.15) is 11.8 Å². The third-order valence-corrected chi connectivity index (χ3v) is 3.07. The highest BCUT2D eigenvalue weighted by atomic mass is 32.2. The van der Waals surface area contributed by atoms with Crippen molar-refractivity contribution in [2.24, 2.45) is 0 Å². The molecule has 1 heterocycles. The van der Waals surface area contributed by atoms with E-state index in [4.69, 9.17) is 9.52 Å². The van der Waals surface area contributed by atoms with E-state index in [9.17, 15) is 4.79 Å². The standard InChI is InChI=1S/C13H13NO3S/c1-18-8-7-10-11(13(15)16)17-12(14-10)9-5-3-2-4-6-9/h2-6H,7-8H2,1H3,(H,15,16). The Bertz CT molecular complexity index is 536. The third kappa shape index (κ3) is 2.73. The average Bonchev–Trinajstić information content (AvgIpc) is 2.81. The zero-order valence-electron chi connectivity index (χ0n) is 9.92. The zero-order chi connectivity index (χ0) is 13.0. The van der Waals surface area contributed by atoms with Gasteiger partial charge in [-0.25, -0.2) is 9.78 Å². The van der Waals surface area contributed by atoms with Gasteiger partial charge in [-0.3, -0.25) is 0 Å². The van der Waals surface area contributed by atoms with Gasteiger partial charge >= 0.3 is 5.97 Å². The number of oxazole rings is 1. The highest BCUT2D eigenvalue weighted by Crippen LogP contribution is 2.22. The van der Waals surface area contributed by atoms with Gasteiger partial charge in [-0.05, 0) is 24.1 Å². The van der Waals surface area contributed by atoms with Crippen LogP contribution in [0.5, 0.6) is 0 Å². The van der Waals surface area contributed by atoms with E-state index < -0.39 is 5.97 Å². The van der Waals surface area contributed by atoms with E-state index in [0.29, 0.717) is 18.0 Å². The summed E-state index contributed by atoms with van der Waals surface area (Å²) in [5.41, 5.74) is 1.30. The molecule has 1 N–H and O–H groups in total. The van der Waals surface area contributed by atoms with E-state index >= 15 is 0 Å². The molecular weight excluding hydrogens is 250 g/mol. The molecule has 0 fully saturated rings. The van der Waals surface area contributed by atoms with Crippen molar-refractivity contribution < 1.29 is 14.3 Å². The number of aromatic nitrogens is 1. The molecule has 0 radical (unpaired) electrons. The Hall–Kier alpha value is -1.75. The lowest BCUT2D eigenvalue weighted by Crippen LogP contribution is -2.00. The molecule has 1 aromatic carbocycles. The maximum Gasteiger partial charge on any atom is 0.373 e. The van der Waals surface area contributed by atoms with Crippen LogP contribution in [0.3, 0.4) is 0 Å². The van der Waals surface area contributed by atoms with Crippen LogP contribution in [0.2, 0.25) is 0 Å². The first-order valence-corrected chi connectivity index (χ1v) is 6.89. The lowest BCUT2D eigenvalue weighted by molar-refractivity contribution is 0.0662. The lowest BCUT2D eigenvalue weighted by Gasteiger charge is -1.93. The van der Waals surface area contributed by atoms with E-state index in [1.165, 1.54) is 0 Å². The SMILES string of the molecule is CSCCc1nc(-c2ccccc2)oc1C(=O)O. The first-order valence-electron chi connectivity index (χ1n) is 5.49. The minimum absolute atomic E-state index is 0.0529. The van der Waals surface area contributed by atoms with Crippen molar-refractivity contribution in [2.45, 2.75) is 6.42 Å². The number of rotatable bonds is 5. The van der Waals surface area contributed by atoms with E-state index in [1.54, 1.807) is 11.8 Å². The molecule has 0 bridgehead atoms. The van der Waals surface area contributed by atoms with Crippen molar-refractivity contribution in [3.8, 4) is 11.5 Å². The van der Waals surface area contributed by atoms with Gasteiger partial charge in [0.1, 0.15) is 0 Å². The average molecular weight is 263 g/mol. The highest BCUT2D eigenvalue weighted by Gasteiger charge is 2.19. The van der Waals surface area contributed by atoms with E-state index in [1.807, 2.05) is 36.6 Å². The zero-order valence-corrected chi connectivity index (χ0v) is 10.7. The number of carbonyl (C=O) groups is 1. The fourth-order valence-electron chi connectivity index (χ4n) is 1.59. The van der Waals surface area contributed by atoms with E-state index in [0.717, 1.165) is 11.3 Å². The molecule has 0 aliphatic carbocycles. The van der Waals surface area contributed by atoms with Crippen molar-refractivity contribution in [1.29, 1.82) is 0 Å². The Balaban J connectivity index is 2.36. The molecule has 0 unspecified atom stereocenters. The van der Waals surface area contributed by atoms with E-state index in [2.05, 4.69) is 4.98 Å². The summed E-state index contributed by atoms with van der Waals surface area (Å²) in [6.07, 6.45) is 2.57. The maximum atomic E-state index is 11.1. The summed E-state index contributed by atoms with van der Waals surface area (Å²) in [5.74, 6) is 0.0638. The Kier molecular flexibility index (Phi) is 4.04. The maximum absolute atomic E-state index is 11.1. The lowest BCUT2D eigenvalue weighted by atomic mass is 10.2. The Labute approximate surface area is 109 Å². The molecule has 5 heteroatoms. The van der Waals surface area contributed by atoms with Crippen LogP contribution in [0, 0.1) is 0 Å². The monoisotopic (exact) mass is 263 g/mol. The fourth-order valence-corrected chi connectivity index (χ4v) is 1.99. The fraction of sp³-hybridized carbons (Fsp3) is 0.231. The Morgan fingerprint density at radius 1 is 1.39 bits per heavy atom. The molecule has 1 aromatic heterocycles. The number of benzene rings is 1. The summed E-state index contributed by atoms with van der Waals surface area (Å²) in [6, 6.07) is 9.30.